The van der Waals surface area contributed by atoms with Crippen LogP contribution in [0.2, 0.25) is 0 Å². The van der Waals surface area contributed by atoms with Crippen LogP contribution < -0.4 is 5.73 Å². The summed E-state index contributed by atoms with van der Waals surface area (Å²) in [6.07, 6.45) is 1.02. The van der Waals surface area contributed by atoms with E-state index in [9.17, 15) is 0 Å². The van der Waals surface area contributed by atoms with Gasteiger partial charge < -0.3 is 10.6 Å². The van der Waals surface area contributed by atoms with Crippen molar-refractivity contribution >= 4 is 0 Å². The minimum absolute atomic E-state index is 0.163. The van der Waals surface area contributed by atoms with E-state index in [1.807, 2.05) is 18.2 Å². The lowest BCUT2D eigenvalue weighted by atomic mass is 10.0. The first kappa shape index (κ1) is 13.2. The number of hydrogen-bond acceptors (Lipinski definition) is 2. The second-order valence-corrected chi connectivity index (χ2v) is 4.96. The third kappa shape index (κ3) is 4.77. The molecule has 0 spiro atoms. The molecule has 1 aromatic carbocycles. The molecule has 16 heavy (non-hydrogen) atoms. The van der Waals surface area contributed by atoms with Gasteiger partial charge in [0, 0.05) is 12.6 Å². The zero-order chi connectivity index (χ0) is 12.0. The summed E-state index contributed by atoms with van der Waals surface area (Å²) in [6, 6.07) is 10.5. The van der Waals surface area contributed by atoms with Crippen molar-refractivity contribution in [1.82, 2.24) is 4.90 Å². The van der Waals surface area contributed by atoms with Gasteiger partial charge in [0.15, 0.2) is 0 Å². The van der Waals surface area contributed by atoms with Gasteiger partial charge in [-0.15, -0.1) is 0 Å². The molecule has 1 atom stereocenters. The summed E-state index contributed by atoms with van der Waals surface area (Å²) in [5.41, 5.74) is 7.38. The normalized spacial score (nSPS) is 13.4. The first-order valence-corrected chi connectivity index (χ1v) is 6.08. The zero-order valence-electron chi connectivity index (χ0n) is 10.7. The molecule has 1 aromatic rings. The van der Waals surface area contributed by atoms with Crippen LogP contribution in [0.25, 0.3) is 0 Å². The molecule has 0 saturated carbocycles. The van der Waals surface area contributed by atoms with Crippen molar-refractivity contribution in [2.45, 2.75) is 26.3 Å². The monoisotopic (exact) mass is 220 g/mol. The number of benzene rings is 1. The van der Waals surface area contributed by atoms with Crippen LogP contribution in [-0.2, 0) is 0 Å². The largest absolute Gasteiger partial charge is 0.324 e. The highest BCUT2D eigenvalue weighted by Gasteiger charge is 2.07. The average Bonchev–Trinajstić information content (AvgIpc) is 2.26. The van der Waals surface area contributed by atoms with Crippen molar-refractivity contribution in [1.29, 1.82) is 0 Å². The third-order valence-corrected chi connectivity index (χ3v) is 2.73. The zero-order valence-corrected chi connectivity index (χ0v) is 10.7. The second-order valence-electron chi connectivity index (χ2n) is 4.96. The molecule has 0 aliphatic heterocycles. The van der Waals surface area contributed by atoms with E-state index in [2.05, 4.69) is 37.9 Å². The Bertz CT molecular complexity index is 282. The lowest BCUT2D eigenvalue weighted by Gasteiger charge is -2.21. The maximum atomic E-state index is 6.15. The fourth-order valence-electron chi connectivity index (χ4n) is 1.94. The Hall–Kier alpha value is -0.860. The van der Waals surface area contributed by atoms with Crippen LogP contribution in [0.5, 0.6) is 0 Å². The Morgan fingerprint density at radius 2 is 1.81 bits per heavy atom. The Balaban J connectivity index is 2.33. The number of nitrogens with two attached hydrogens (primary N) is 1. The predicted molar refractivity (Wildman–Crippen MR) is 70.3 cm³/mol. The van der Waals surface area contributed by atoms with Gasteiger partial charge in [-0.05, 0) is 31.5 Å². The van der Waals surface area contributed by atoms with Gasteiger partial charge in [-0.1, -0.05) is 44.2 Å². The van der Waals surface area contributed by atoms with Crippen molar-refractivity contribution in [2.75, 3.05) is 20.1 Å². The second kappa shape index (κ2) is 6.66. The smallest absolute Gasteiger partial charge is 0.0307 e. The van der Waals surface area contributed by atoms with Gasteiger partial charge in [0.05, 0.1) is 0 Å². The van der Waals surface area contributed by atoms with E-state index in [1.165, 1.54) is 5.56 Å². The van der Waals surface area contributed by atoms with Crippen molar-refractivity contribution in [3.63, 3.8) is 0 Å². The molecule has 0 amide bonds. The van der Waals surface area contributed by atoms with E-state index in [-0.39, 0.29) is 6.04 Å². The van der Waals surface area contributed by atoms with Crippen molar-refractivity contribution < 1.29 is 0 Å². The minimum atomic E-state index is 0.163. The van der Waals surface area contributed by atoms with Crippen LogP contribution in [0, 0.1) is 5.92 Å². The molecule has 0 aliphatic carbocycles. The third-order valence-electron chi connectivity index (χ3n) is 2.73. The highest BCUT2D eigenvalue weighted by molar-refractivity contribution is 5.18. The van der Waals surface area contributed by atoms with Crippen LogP contribution in [0.1, 0.15) is 31.9 Å². The van der Waals surface area contributed by atoms with Gasteiger partial charge in [0.25, 0.3) is 0 Å². The Labute approximate surface area is 99.5 Å². The topological polar surface area (TPSA) is 29.3 Å². The van der Waals surface area contributed by atoms with Crippen molar-refractivity contribution in [2.24, 2.45) is 11.7 Å². The molecule has 90 valence electrons. The molecule has 1 rings (SSSR count). The molecule has 0 aliphatic rings. The van der Waals surface area contributed by atoms with E-state index in [1.54, 1.807) is 0 Å². The maximum absolute atomic E-state index is 6.15. The molecule has 0 bridgehead atoms. The molecule has 0 fully saturated rings. The van der Waals surface area contributed by atoms with E-state index in [4.69, 9.17) is 5.73 Å². The van der Waals surface area contributed by atoms with Gasteiger partial charge >= 0.3 is 0 Å². The SMILES string of the molecule is CC(C)CN(C)CCC(N)c1ccccc1. The quantitative estimate of drug-likeness (QED) is 0.798. The first-order chi connectivity index (χ1) is 7.59. The lowest BCUT2D eigenvalue weighted by Crippen LogP contribution is -2.27. The van der Waals surface area contributed by atoms with E-state index in [0.717, 1.165) is 25.4 Å². The van der Waals surface area contributed by atoms with E-state index >= 15 is 0 Å². The maximum Gasteiger partial charge on any atom is 0.0307 e. The molecule has 1 unspecified atom stereocenters. The predicted octanol–water partition coefficient (Wildman–Crippen LogP) is 2.66. The molecule has 2 N–H and O–H groups in total. The molecular formula is C14H24N2. The number of nitrogens with zero attached hydrogens (tertiary/aromatic N) is 1. The summed E-state index contributed by atoms with van der Waals surface area (Å²) >= 11 is 0. The summed E-state index contributed by atoms with van der Waals surface area (Å²) in [5.74, 6) is 0.720. The molecule has 2 heteroatoms. The minimum Gasteiger partial charge on any atom is -0.324 e. The van der Waals surface area contributed by atoms with Gasteiger partial charge in [0.2, 0.25) is 0 Å². The van der Waals surface area contributed by atoms with Crippen molar-refractivity contribution in [3.8, 4) is 0 Å². The van der Waals surface area contributed by atoms with Crippen LogP contribution >= 0.6 is 0 Å². The summed E-state index contributed by atoms with van der Waals surface area (Å²) in [4.78, 5) is 2.35. The van der Waals surface area contributed by atoms with Gasteiger partial charge in [-0.2, -0.15) is 0 Å². The molecule has 0 saturated heterocycles. The van der Waals surface area contributed by atoms with Crippen molar-refractivity contribution in [3.05, 3.63) is 35.9 Å². The lowest BCUT2D eigenvalue weighted by molar-refractivity contribution is 0.284. The molecular weight excluding hydrogens is 196 g/mol. The van der Waals surface area contributed by atoms with Crippen LogP contribution in [-0.4, -0.2) is 25.0 Å². The Morgan fingerprint density at radius 3 is 2.38 bits per heavy atom. The van der Waals surface area contributed by atoms with Gasteiger partial charge in [-0.3, -0.25) is 0 Å². The van der Waals surface area contributed by atoms with Crippen LogP contribution in [0.15, 0.2) is 30.3 Å². The fourth-order valence-corrected chi connectivity index (χ4v) is 1.94. The van der Waals surface area contributed by atoms with Crippen LogP contribution in [0.3, 0.4) is 0 Å². The summed E-state index contributed by atoms with van der Waals surface area (Å²) in [6.45, 7) is 6.69. The molecule has 0 heterocycles. The Morgan fingerprint density at radius 1 is 1.19 bits per heavy atom. The highest BCUT2D eigenvalue weighted by atomic mass is 15.1. The summed E-state index contributed by atoms with van der Waals surface area (Å²) < 4.78 is 0. The Kier molecular flexibility index (Phi) is 5.50. The highest BCUT2D eigenvalue weighted by Crippen LogP contribution is 2.13. The number of rotatable bonds is 6. The average molecular weight is 220 g/mol. The van der Waals surface area contributed by atoms with E-state index < -0.39 is 0 Å². The van der Waals surface area contributed by atoms with E-state index in [0.29, 0.717) is 0 Å². The fraction of sp³-hybridized carbons (Fsp3) is 0.571. The van der Waals surface area contributed by atoms with Gasteiger partial charge in [-0.25, -0.2) is 0 Å². The standard InChI is InChI=1S/C14H24N2/c1-12(2)11-16(3)10-9-14(15)13-7-5-4-6-8-13/h4-8,12,14H,9-11,15H2,1-3H3. The molecule has 0 radical (unpaired) electrons. The van der Waals surface area contributed by atoms with Crippen LogP contribution in [0.4, 0.5) is 0 Å². The summed E-state index contributed by atoms with van der Waals surface area (Å²) in [7, 11) is 2.16. The summed E-state index contributed by atoms with van der Waals surface area (Å²) in [5, 5.41) is 0. The molecule has 2 nitrogen and oxygen atoms in total. The number of hydrogen-bond donors (Lipinski definition) is 1. The molecule has 0 aromatic heterocycles. The first-order valence-electron chi connectivity index (χ1n) is 6.08. The van der Waals surface area contributed by atoms with Gasteiger partial charge in [0.1, 0.15) is 0 Å².